The van der Waals surface area contributed by atoms with Crippen molar-refractivity contribution in [1.82, 2.24) is 15.5 Å². The summed E-state index contributed by atoms with van der Waals surface area (Å²) in [5.74, 6) is 2.11. The molecule has 2 aromatic rings. The number of thiophene rings is 1. The van der Waals surface area contributed by atoms with E-state index >= 15 is 0 Å². The van der Waals surface area contributed by atoms with Gasteiger partial charge in [-0.25, -0.2) is 0 Å². The van der Waals surface area contributed by atoms with Gasteiger partial charge in [-0.15, -0.1) is 11.3 Å². The van der Waals surface area contributed by atoms with Gasteiger partial charge in [0.1, 0.15) is 0 Å². The third-order valence-corrected chi connectivity index (χ3v) is 6.25. The summed E-state index contributed by atoms with van der Waals surface area (Å²) >= 11 is 1.86. The number of piperidine rings is 1. The van der Waals surface area contributed by atoms with Crippen LogP contribution in [0.3, 0.4) is 0 Å². The molecular formula is C22H32N4S. The third-order valence-electron chi connectivity index (χ3n) is 5.39. The molecule has 1 aromatic carbocycles. The first kappa shape index (κ1) is 19.9. The van der Waals surface area contributed by atoms with Crippen molar-refractivity contribution < 1.29 is 0 Å². The molecule has 0 saturated carbocycles. The molecule has 146 valence electrons. The van der Waals surface area contributed by atoms with E-state index in [1.165, 1.54) is 36.4 Å². The van der Waals surface area contributed by atoms with Crippen LogP contribution in [0.15, 0.2) is 52.8 Å². The molecule has 1 fully saturated rings. The van der Waals surface area contributed by atoms with E-state index in [4.69, 9.17) is 0 Å². The molecule has 2 heterocycles. The van der Waals surface area contributed by atoms with Gasteiger partial charge in [-0.2, -0.15) is 0 Å². The lowest BCUT2D eigenvalue weighted by molar-refractivity contribution is 0.179. The van der Waals surface area contributed by atoms with Crippen LogP contribution < -0.4 is 10.6 Å². The lowest BCUT2D eigenvalue weighted by Gasteiger charge is -2.32. The van der Waals surface area contributed by atoms with Crippen molar-refractivity contribution in [2.75, 3.05) is 33.2 Å². The molecule has 0 spiro atoms. The normalized spacial score (nSPS) is 17.6. The molecule has 1 aliphatic rings. The molecule has 0 aliphatic carbocycles. The van der Waals surface area contributed by atoms with Crippen molar-refractivity contribution in [2.45, 2.75) is 32.2 Å². The summed E-state index contributed by atoms with van der Waals surface area (Å²) in [5.41, 5.74) is 1.36. The Bertz CT molecular complexity index is 676. The van der Waals surface area contributed by atoms with Gasteiger partial charge in [-0.05, 0) is 54.8 Å². The first-order valence-corrected chi connectivity index (χ1v) is 10.9. The molecule has 1 saturated heterocycles. The summed E-state index contributed by atoms with van der Waals surface area (Å²) in [5, 5.41) is 9.17. The maximum absolute atomic E-state index is 4.39. The minimum atomic E-state index is 0.463. The molecule has 1 unspecified atom stereocenters. The van der Waals surface area contributed by atoms with Gasteiger partial charge in [0.2, 0.25) is 0 Å². The maximum Gasteiger partial charge on any atom is 0.191 e. The van der Waals surface area contributed by atoms with Gasteiger partial charge in [0.15, 0.2) is 5.96 Å². The SMILES string of the molecule is CN=C(NCC1CCN(Cc2cccs2)CC1)NCC(C)c1ccccc1. The second kappa shape index (κ2) is 10.5. The quantitative estimate of drug-likeness (QED) is 0.561. The summed E-state index contributed by atoms with van der Waals surface area (Å²) < 4.78 is 0. The molecule has 0 radical (unpaired) electrons. The topological polar surface area (TPSA) is 39.7 Å². The summed E-state index contributed by atoms with van der Waals surface area (Å²) in [4.78, 5) is 8.44. The van der Waals surface area contributed by atoms with Gasteiger partial charge in [-0.1, -0.05) is 43.3 Å². The predicted octanol–water partition coefficient (Wildman–Crippen LogP) is 3.93. The summed E-state index contributed by atoms with van der Waals surface area (Å²) in [7, 11) is 1.85. The zero-order valence-electron chi connectivity index (χ0n) is 16.5. The highest BCUT2D eigenvalue weighted by Crippen LogP contribution is 2.20. The molecule has 3 rings (SSSR count). The predicted molar refractivity (Wildman–Crippen MR) is 117 cm³/mol. The van der Waals surface area contributed by atoms with Crippen LogP contribution in [-0.4, -0.2) is 44.1 Å². The van der Waals surface area contributed by atoms with Crippen LogP contribution in [0, 0.1) is 5.92 Å². The molecule has 0 bridgehead atoms. The minimum absolute atomic E-state index is 0.463. The van der Waals surface area contributed by atoms with E-state index in [-0.39, 0.29) is 0 Å². The monoisotopic (exact) mass is 384 g/mol. The van der Waals surface area contributed by atoms with Gasteiger partial charge < -0.3 is 10.6 Å². The van der Waals surface area contributed by atoms with Gasteiger partial charge in [0, 0.05) is 31.6 Å². The van der Waals surface area contributed by atoms with Crippen LogP contribution in [0.1, 0.15) is 36.1 Å². The fraction of sp³-hybridized carbons (Fsp3) is 0.500. The van der Waals surface area contributed by atoms with E-state index in [9.17, 15) is 0 Å². The third kappa shape index (κ3) is 6.36. The fourth-order valence-corrected chi connectivity index (χ4v) is 4.33. The van der Waals surface area contributed by atoms with E-state index in [0.29, 0.717) is 5.92 Å². The number of guanidine groups is 1. The average molecular weight is 385 g/mol. The maximum atomic E-state index is 4.39. The number of rotatable bonds is 7. The molecule has 2 N–H and O–H groups in total. The van der Waals surface area contributed by atoms with E-state index in [0.717, 1.165) is 31.5 Å². The summed E-state index contributed by atoms with van der Waals surface area (Å²) in [6.45, 7) is 7.65. The fourth-order valence-electron chi connectivity index (χ4n) is 3.58. The molecule has 27 heavy (non-hydrogen) atoms. The van der Waals surface area contributed by atoms with Crippen molar-refractivity contribution in [3.63, 3.8) is 0 Å². The number of hydrogen-bond donors (Lipinski definition) is 2. The molecule has 1 atom stereocenters. The first-order chi connectivity index (χ1) is 13.2. The second-order valence-electron chi connectivity index (χ2n) is 7.44. The van der Waals surface area contributed by atoms with Crippen LogP contribution in [0.25, 0.3) is 0 Å². The zero-order valence-corrected chi connectivity index (χ0v) is 17.3. The summed E-state index contributed by atoms with van der Waals surface area (Å²) in [6, 6.07) is 15.0. The second-order valence-corrected chi connectivity index (χ2v) is 8.48. The van der Waals surface area contributed by atoms with Crippen LogP contribution in [-0.2, 0) is 6.54 Å². The molecule has 4 nitrogen and oxygen atoms in total. The smallest absolute Gasteiger partial charge is 0.191 e. The number of hydrogen-bond acceptors (Lipinski definition) is 3. The standard InChI is InChI=1S/C22H32N4S/c1-18(20-7-4-3-5-8-20)15-24-22(23-2)25-16-19-10-12-26(13-11-19)17-21-9-6-14-27-21/h3-9,14,18-19H,10-13,15-17H2,1-2H3,(H2,23,24,25). The Morgan fingerprint density at radius 3 is 2.59 bits per heavy atom. The molecule has 1 aliphatic heterocycles. The number of nitrogens with one attached hydrogen (secondary N) is 2. The van der Waals surface area contributed by atoms with E-state index in [1.807, 2.05) is 18.4 Å². The van der Waals surface area contributed by atoms with Crippen LogP contribution in [0.5, 0.6) is 0 Å². The highest BCUT2D eigenvalue weighted by Gasteiger charge is 2.19. The minimum Gasteiger partial charge on any atom is -0.356 e. The Morgan fingerprint density at radius 2 is 1.93 bits per heavy atom. The van der Waals surface area contributed by atoms with E-state index in [1.54, 1.807) is 0 Å². The zero-order chi connectivity index (χ0) is 18.9. The largest absolute Gasteiger partial charge is 0.356 e. The Kier molecular flexibility index (Phi) is 7.72. The molecular weight excluding hydrogens is 352 g/mol. The van der Waals surface area contributed by atoms with Gasteiger partial charge in [0.05, 0.1) is 0 Å². The number of aliphatic imine (C=N–C) groups is 1. The molecule has 5 heteroatoms. The lowest BCUT2D eigenvalue weighted by Crippen LogP contribution is -2.43. The lowest BCUT2D eigenvalue weighted by atomic mass is 9.97. The Labute approximate surface area is 167 Å². The molecule has 1 aromatic heterocycles. The van der Waals surface area contributed by atoms with E-state index < -0.39 is 0 Å². The van der Waals surface area contributed by atoms with Crippen LogP contribution >= 0.6 is 11.3 Å². The van der Waals surface area contributed by atoms with Gasteiger partial charge in [-0.3, -0.25) is 9.89 Å². The van der Waals surface area contributed by atoms with Crippen molar-refractivity contribution in [3.8, 4) is 0 Å². The highest BCUT2D eigenvalue weighted by atomic mass is 32.1. The van der Waals surface area contributed by atoms with Crippen LogP contribution in [0.2, 0.25) is 0 Å². The van der Waals surface area contributed by atoms with Gasteiger partial charge in [0.25, 0.3) is 0 Å². The highest BCUT2D eigenvalue weighted by molar-refractivity contribution is 7.09. The van der Waals surface area contributed by atoms with Crippen molar-refractivity contribution >= 4 is 17.3 Å². The van der Waals surface area contributed by atoms with Crippen molar-refractivity contribution in [3.05, 3.63) is 58.3 Å². The number of likely N-dealkylation sites (tertiary alicyclic amines) is 1. The number of benzene rings is 1. The Hall–Kier alpha value is -1.85. The first-order valence-electron chi connectivity index (χ1n) is 9.99. The van der Waals surface area contributed by atoms with Crippen LogP contribution in [0.4, 0.5) is 0 Å². The average Bonchev–Trinajstić information content (AvgIpc) is 3.23. The van der Waals surface area contributed by atoms with E-state index in [2.05, 4.69) is 75.3 Å². The Balaban J connectivity index is 1.35. The number of nitrogens with zero attached hydrogens (tertiary/aromatic N) is 2. The van der Waals surface area contributed by atoms with Crippen molar-refractivity contribution in [2.24, 2.45) is 10.9 Å². The molecule has 0 amide bonds. The summed E-state index contributed by atoms with van der Waals surface area (Å²) in [6.07, 6.45) is 2.52. The Morgan fingerprint density at radius 1 is 1.15 bits per heavy atom. The van der Waals surface area contributed by atoms with Gasteiger partial charge >= 0.3 is 0 Å². The van der Waals surface area contributed by atoms with Crippen molar-refractivity contribution in [1.29, 1.82) is 0 Å².